The molecule has 0 bridgehead atoms. The number of furan rings is 1. The third-order valence-corrected chi connectivity index (χ3v) is 4.71. The zero-order valence-corrected chi connectivity index (χ0v) is 13.9. The summed E-state index contributed by atoms with van der Waals surface area (Å²) in [4.78, 5) is 51.8. The van der Waals surface area contributed by atoms with Crippen LogP contribution in [0.3, 0.4) is 0 Å². The number of rotatable bonds is 4. The zero-order chi connectivity index (χ0) is 18.5. The molecule has 0 spiro atoms. The third kappa shape index (κ3) is 2.15. The highest BCUT2D eigenvalue weighted by atomic mass is 16.3. The summed E-state index contributed by atoms with van der Waals surface area (Å²) in [6, 6.07) is 9.16. The molecule has 1 aromatic carbocycles. The lowest BCUT2D eigenvalue weighted by Gasteiger charge is -2.20. The number of urea groups is 1. The first-order valence-electron chi connectivity index (χ1n) is 8.07. The Bertz CT molecular complexity index is 901. The Balaban J connectivity index is 1.51. The molecule has 0 unspecified atom stereocenters. The fourth-order valence-corrected chi connectivity index (χ4v) is 3.27. The molecule has 8 nitrogen and oxygen atoms in total. The van der Waals surface area contributed by atoms with E-state index < -0.39 is 29.3 Å². The van der Waals surface area contributed by atoms with Gasteiger partial charge in [0.15, 0.2) is 5.54 Å². The van der Waals surface area contributed by atoms with Gasteiger partial charge in [0.05, 0.1) is 17.4 Å². The van der Waals surface area contributed by atoms with Crippen LogP contribution in [0.5, 0.6) is 0 Å². The first kappa shape index (κ1) is 16.1. The van der Waals surface area contributed by atoms with Crippen molar-refractivity contribution in [1.29, 1.82) is 0 Å². The van der Waals surface area contributed by atoms with E-state index in [1.807, 2.05) is 0 Å². The molecule has 1 atom stereocenters. The van der Waals surface area contributed by atoms with E-state index >= 15 is 0 Å². The molecule has 0 radical (unpaired) electrons. The average Bonchev–Trinajstić information content (AvgIpc) is 3.30. The molecule has 4 rings (SSSR count). The summed E-state index contributed by atoms with van der Waals surface area (Å²) in [5.74, 6) is -1.02. The fraction of sp³-hybridized carbons (Fsp3) is 0.222. The summed E-state index contributed by atoms with van der Waals surface area (Å²) < 4.78 is 5.26. The number of benzene rings is 1. The van der Waals surface area contributed by atoms with E-state index in [9.17, 15) is 19.2 Å². The van der Waals surface area contributed by atoms with Crippen LogP contribution < -0.4 is 5.32 Å². The van der Waals surface area contributed by atoms with Gasteiger partial charge in [-0.25, -0.2) is 4.79 Å². The largest absolute Gasteiger partial charge is 0.466 e. The predicted molar refractivity (Wildman–Crippen MR) is 88.1 cm³/mol. The second-order valence-corrected chi connectivity index (χ2v) is 6.30. The molecule has 26 heavy (non-hydrogen) atoms. The summed E-state index contributed by atoms with van der Waals surface area (Å²) in [6.45, 7) is 1.39. The van der Waals surface area contributed by atoms with Crippen LogP contribution in [0, 0.1) is 0 Å². The molecule has 5 amide bonds. The summed E-state index contributed by atoms with van der Waals surface area (Å²) in [7, 11) is 0. The molecular formula is C18H15N3O5. The SMILES string of the molecule is C[C@@]1(c2ccco2)NC(=O)N(CCN2C(=O)c3ccccc3C2=O)C1=O. The van der Waals surface area contributed by atoms with Crippen molar-refractivity contribution in [2.45, 2.75) is 12.5 Å². The molecule has 8 heteroatoms. The minimum atomic E-state index is -1.30. The van der Waals surface area contributed by atoms with Crippen molar-refractivity contribution in [3.63, 3.8) is 0 Å². The number of carbonyl (C=O) groups is 4. The van der Waals surface area contributed by atoms with E-state index in [0.29, 0.717) is 16.9 Å². The molecular weight excluding hydrogens is 338 g/mol. The monoisotopic (exact) mass is 353 g/mol. The summed E-state index contributed by atoms with van der Waals surface area (Å²) in [6.07, 6.45) is 1.42. The number of hydrogen-bond acceptors (Lipinski definition) is 5. The molecule has 132 valence electrons. The summed E-state index contributed by atoms with van der Waals surface area (Å²) in [5.41, 5.74) is -0.645. The fourth-order valence-electron chi connectivity index (χ4n) is 3.27. The van der Waals surface area contributed by atoms with E-state index in [2.05, 4.69) is 5.32 Å². The lowest BCUT2D eigenvalue weighted by atomic mass is 9.99. The second-order valence-electron chi connectivity index (χ2n) is 6.30. The van der Waals surface area contributed by atoms with Crippen molar-refractivity contribution < 1.29 is 23.6 Å². The Kier molecular flexibility index (Phi) is 3.43. The first-order chi connectivity index (χ1) is 12.4. The number of fused-ring (bicyclic) bond motifs is 1. The highest BCUT2D eigenvalue weighted by Crippen LogP contribution is 2.29. The van der Waals surface area contributed by atoms with Crippen molar-refractivity contribution in [1.82, 2.24) is 15.1 Å². The van der Waals surface area contributed by atoms with Crippen LogP contribution in [0.25, 0.3) is 0 Å². The molecule has 2 aliphatic rings. The number of carbonyl (C=O) groups excluding carboxylic acids is 4. The Labute approximate surface area is 148 Å². The van der Waals surface area contributed by atoms with Gasteiger partial charge in [-0.1, -0.05) is 12.1 Å². The van der Waals surface area contributed by atoms with Gasteiger partial charge in [0.25, 0.3) is 17.7 Å². The van der Waals surface area contributed by atoms with Gasteiger partial charge in [-0.2, -0.15) is 0 Å². The van der Waals surface area contributed by atoms with Crippen molar-refractivity contribution in [2.24, 2.45) is 0 Å². The average molecular weight is 353 g/mol. The van der Waals surface area contributed by atoms with Crippen molar-refractivity contribution >= 4 is 23.8 Å². The van der Waals surface area contributed by atoms with E-state index in [1.54, 1.807) is 43.3 Å². The van der Waals surface area contributed by atoms with Gasteiger partial charge >= 0.3 is 6.03 Å². The van der Waals surface area contributed by atoms with Gasteiger partial charge in [0.1, 0.15) is 5.76 Å². The molecule has 0 saturated carbocycles. The van der Waals surface area contributed by atoms with Crippen LogP contribution in [-0.2, 0) is 10.3 Å². The molecule has 1 aromatic heterocycles. The number of imide groups is 2. The smallest absolute Gasteiger partial charge is 0.325 e. The van der Waals surface area contributed by atoms with Crippen LogP contribution in [0.1, 0.15) is 33.4 Å². The Morgan fingerprint density at radius 1 is 0.923 bits per heavy atom. The van der Waals surface area contributed by atoms with E-state index in [4.69, 9.17) is 4.42 Å². The van der Waals surface area contributed by atoms with Crippen LogP contribution >= 0.6 is 0 Å². The highest BCUT2D eigenvalue weighted by molar-refractivity contribution is 6.21. The number of hydrogen-bond donors (Lipinski definition) is 1. The van der Waals surface area contributed by atoms with Gasteiger partial charge < -0.3 is 9.73 Å². The van der Waals surface area contributed by atoms with Crippen molar-refractivity contribution in [3.8, 4) is 0 Å². The maximum atomic E-state index is 12.7. The summed E-state index contributed by atoms with van der Waals surface area (Å²) in [5, 5.41) is 2.60. The van der Waals surface area contributed by atoms with Crippen LogP contribution in [0.4, 0.5) is 4.79 Å². The lowest BCUT2D eigenvalue weighted by molar-refractivity contribution is -0.131. The molecule has 2 aliphatic heterocycles. The van der Waals surface area contributed by atoms with Crippen LogP contribution in [0.2, 0.25) is 0 Å². The molecule has 3 heterocycles. The minimum Gasteiger partial charge on any atom is -0.466 e. The number of nitrogens with zero attached hydrogens (tertiary/aromatic N) is 2. The van der Waals surface area contributed by atoms with Gasteiger partial charge in [0, 0.05) is 13.1 Å². The standard InChI is InChI=1S/C18H15N3O5/c1-18(13-7-4-10-26-13)16(24)21(17(25)19-18)9-8-20-14(22)11-5-2-3-6-12(11)15(20)23/h2-7,10H,8-9H2,1H3,(H,19,25)/t18-/m0/s1. The van der Waals surface area contributed by atoms with Gasteiger partial charge in [0.2, 0.25) is 0 Å². The topological polar surface area (TPSA) is 99.9 Å². The van der Waals surface area contributed by atoms with Gasteiger partial charge in [-0.3, -0.25) is 24.2 Å². The third-order valence-electron chi connectivity index (χ3n) is 4.71. The van der Waals surface area contributed by atoms with Crippen molar-refractivity contribution in [3.05, 3.63) is 59.5 Å². The van der Waals surface area contributed by atoms with Crippen LogP contribution in [-0.4, -0.2) is 46.6 Å². The van der Waals surface area contributed by atoms with E-state index in [-0.39, 0.29) is 13.1 Å². The maximum absolute atomic E-state index is 12.7. The number of amides is 5. The Morgan fingerprint density at radius 3 is 2.12 bits per heavy atom. The molecule has 1 saturated heterocycles. The van der Waals surface area contributed by atoms with Gasteiger partial charge in [-0.05, 0) is 31.2 Å². The normalized spacial score (nSPS) is 22.2. The Morgan fingerprint density at radius 2 is 1.54 bits per heavy atom. The highest BCUT2D eigenvalue weighted by Gasteiger charge is 2.51. The Hall–Kier alpha value is -3.42. The lowest BCUT2D eigenvalue weighted by Crippen LogP contribution is -2.43. The van der Waals surface area contributed by atoms with E-state index in [0.717, 1.165) is 9.80 Å². The van der Waals surface area contributed by atoms with Gasteiger partial charge in [-0.15, -0.1) is 0 Å². The van der Waals surface area contributed by atoms with Crippen LogP contribution in [0.15, 0.2) is 47.1 Å². The first-order valence-corrected chi connectivity index (χ1v) is 8.07. The van der Waals surface area contributed by atoms with E-state index in [1.165, 1.54) is 6.26 Å². The zero-order valence-electron chi connectivity index (χ0n) is 13.9. The minimum absolute atomic E-state index is 0.0697. The molecule has 1 fully saturated rings. The predicted octanol–water partition coefficient (Wildman–Crippen LogP) is 1.34. The summed E-state index contributed by atoms with van der Waals surface area (Å²) >= 11 is 0. The quantitative estimate of drug-likeness (QED) is 0.660. The van der Waals surface area contributed by atoms with Crippen molar-refractivity contribution in [2.75, 3.05) is 13.1 Å². The number of nitrogens with one attached hydrogen (secondary N) is 1. The molecule has 1 N–H and O–H groups in total. The maximum Gasteiger partial charge on any atom is 0.325 e. The molecule has 0 aliphatic carbocycles. The molecule has 2 aromatic rings. The second kappa shape index (κ2) is 5.55.